The highest BCUT2D eigenvalue weighted by atomic mass is 16.3. The number of phenolic OH excluding ortho intramolecular Hbond substituents is 1. The smallest absolute Gasteiger partial charge is 0.244 e. The standard InChI is InChI=1S/C19H18N4O/c1-13-12-18(16-6-4-3-5-7-16)21-19(20-13)23-22-14(2)15-8-10-17(24)11-9-15/h3-12,24H,1-2H3,(H,20,21,23). The Bertz CT molecular complexity index is 858. The third-order valence-electron chi connectivity index (χ3n) is 3.53. The van der Waals surface area contributed by atoms with Crippen molar-refractivity contribution in [1.29, 1.82) is 0 Å². The number of aromatic hydroxyl groups is 1. The van der Waals surface area contributed by atoms with Crippen LogP contribution in [0.15, 0.2) is 65.8 Å². The van der Waals surface area contributed by atoms with Gasteiger partial charge in [0.1, 0.15) is 5.75 Å². The number of nitrogens with one attached hydrogen (secondary N) is 1. The van der Waals surface area contributed by atoms with Crippen LogP contribution in [-0.2, 0) is 0 Å². The maximum absolute atomic E-state index is 9.34. The molecule has 1 aromatic heterocycles. The van der Waals surface area contributed by atoms with E-state index in [-0.39, 0.29) is 5.75 Å². The summed E-state index contributed by atoms with van der Waals surface area (Å²) in [4.78, 5) is 8.88. The summed E-state index contributed by atoms with van der Waals surface area (Å²) in [6.45, 7) is 3.81. The van der Waals surface area contributed by atoms with E-state index in [0.29, 0.717) is 5.95 Å². The number of phenols is 1. The molecule has 24 heavy (non-hydrogen) atoms. The second-order valence-corrected chi connectivity index (χ2v) is 5.44. The summed E-state index contributed by atoms with van der Waals surface area (Å²) < 4.78 is 0. The van der Waals surface area contributed by atoms with Crippen molar-refractivity contribution in [1.82, 2.24) is 9.97 Å². The first-order valence-corrected chi connectivity index (χ1v) is 7.62. The summed E-state index contributed by atoms with van der Waals surface area (Å²) in [7, 11) is 0. The van der Waals surface area contributed by atoms with Crippen LogP contribution in [-0.4, -0.2) is 20.8 Å². The normalized spacial score (nSPS) is 11.3. The molecule has 3 aromatic rings. The molecule has 0 aliphatic rings. The molecule has 5 nitrogen and oxygen atoms in total. The number of hydrogen-bond donors (Lipinski definition) is 2. The largest absolute Gasteiger partial charge is 0.508 e. The lowest BCUT2D eigenvalue weighted by molar-refractivity contribution is 0.475. The summed E-state index contributed by atoms with van der Waals surface area (Å²) in [5.74, 6) is 0.681. The highest BCUT2D eigenvalue weighted by Gasteiger charge is 2.04. The fourth-order valence-corrected chi connectivity index (χ4v) is 2.28. The third-order valence-corrected chi connectivity index (χ3v) is 3.53. The molecule has 3 rings (SSSR count). The Hall–Kier alpha value is -3.21. The van der Waals surface area contributed by atoms with Crippen LogP contribution < -0.4 is 5.43 Å². The van der Waals surface area contributed by atoms with Crippen molar-refractivity contribution in [2.75, 3.05) is 5.43 Å². The number of nitrogens with zero attached hydrogens (tertiary/aromatic N) is 3. The number of rotatable bonds is 4. The fraction of sp³-hybridized carbons (Fsp3) is 0.105. The minimum Gasteiger partial charge on any atom is -0.508 e. The molecule has 0 unspecified atom stereocenters. The van der Waals surface area contributed by atoms with Gasteiger partial charge in [0.05, 0.1) is 11.4 Å². The van der Waals surface area contributed by atoms with Crippen molar-refractivity contribution < 1.29 is 5.11 Å². The summed E-state index contributed by atoms with van der Waals surface area (Å²) >= 11 is 0. The van der Waals surface area contributed by atoms with Gasteiger partial charge in [-0.1, -0.05) is 30.3 Å². The Morgan fingerprint density at radius 1 is 1.00 bits per heavy atom. The molecule has 120 valence electrons. The number of aryl methyl sites for hydroxylation is 1. The van der Waals surface area contributed by atoms with Crippen molar-refractivity contribution in [2.45, 2.75) is 13.8 Å². The first-order valence-electron chi connectivity index (χ1n) is 7.62. The van der Waals surface area contributed by atoms with Gasteiger partial charge in [-0.3, -0.25) is 0 Å². The topological polar surface area (TPSA) is 70.4 Å². The molecule has 1 heterocycles. The van der Waals surface area contributed by atoms with Crippen molar-refractivity contribution in [3.05, 3.63) is 71.9 Å². The molecule has 0 aliphatic heterocycles. The zero-order chi connectivity index (χ0) is 16.9. The highest BCUT2D eigenvalue weighted by molar-refractivity contribution is 5.99. The van der Waals surface area contributed by atoms with Gasteiger partial charge in [-0.05, 0) is 49.7 Å². The summed E-state index contributed by atoms with van der Waals surface area (Å²) in [6, 6.07) is 18.8. The van der Waals surface area contributed by atoms with Crippen LogP contribution in [0, 0.1) is 6.92 Å². The Kier molecular flexibility index (Phi) is 4.52. The zero-order valence-corrected chi connectivity index (χ0v) is 13.6. The van der Waals surface area contributed by atoms with Crippen LogP contribution >= 0.6 is 0 Å². The van der Waals surface area contributed by atoms with Gasteiger partial charge >= 0.3 is 0 Å². The van der Waals surface area contributed by atoms with Gasteiger partial charge in [0.2, 0.25) is 5.95 Å². The van der Waals surface area contributed by atoms with Gasteiger partial charge < -0.3 is 5.11 Å². The minimum absolute atomic E-state index is 0.231. The van der Waals surface area contributed by atoms with E-state index in [1.807, 2.05) is 62.4 Å². The molecule has 5 heteroatoms. The lowest BCUT2D eigenvalue weighted by atomic mass is 10.1. The van der Waals surface area contributed by atoms with Crippen LogP contribution in [0.4, 0.5) is 5.95 Å². The zero-order valence-electron chi connectivity index (χ0n) is 13.6. The van der Waals surface area contributed by atoms with Gasteiger partial charge in [-0.15, -0.1) is 0 Å². The molecule has 0 bridgehead atoms. The third kappa shape index (κ3) is 3.76. The average molecular weight is 318 g/mol. The van der Waals surface area contributed by atoms with Crippen LogP contribution in [0.5, 0.6) is 5.75 Å². The molecule has 0 amide bonds. The Morgan fingerprint density at radius 3 is 2.42 bits per heavy atom. The van der Waals surface area contributed by atoms with Gasteiger partial charge in [-0.25, -0.2) is 15.4 Å². The second-order valence-electron chi connectivity index (χ2n) is 5.44. The maximum atomic E-state index is 9.34. The molecule has 0 atom stereocenters. The number of anilines is 1. The predicted octanol–water partition coefficient (Wildman–Crippen LogP) is 3.99. The Balaban J connectivity index is 1.84. The number of hydrazone groups is 1. The maximum Gasteiger partial charge on any atom is 0.244 e. The van der Waals surface area contributed by atoms with Crippen LogP contribution in [0.2, 0.25) is 0 Å². The first kappa shape index (κ1) is 15.7. The number of hydrogen-bond acceptors (Lipinski definition) is 5. The molecule has 2 N–H and O–H groups in total. The SMILES string of the molecule is CC(=NNc1nc(C)cc(-c2ccccc2)n1)c1ccc(O)cc1. The van der Waals surface area contributed by atoms with E-state index >= 15 is 0 Å². The molecule has 0 radical (unpaired) electrons. The monoisotopic (exact) mass is 318 g/mol. The van der Waals surface area contributed by atoms with Gasteiger partial charge in [0.15, 0.2) is 0 Å². The van der Waals surface area contributed by atoms with Gasteiger partial charge in [-0.2, -0.15) is 5.10 Å². The van der Waals surface area contributed by atoms with Crippen molar-refractivity contribution in [2.24, 2.45) is 5.10 Å². The molecule has 0 saturated carbocycles. The summed E-state index contributed by atoms with van der Waals surface area (Å²) in [6.07, 6.45) is 0. The van der Waals surface area contributed by atoms with Crippen molar-refractivity contribution >= 4 is 11.7 Å². The van der Waals surface area contributed by atoms with E-state index in [2.05, 4.69) is 20.5 Å². The van der Waals surface area contributed by atoms with Crippen LogP contribution in [0.25, 0.3) is 11.3 Å². The van der Waals surface area contributed by atoms with Gasteiger partial charge in [0.25, 0.3) is 0 Å². The lowest BCUT2D eigenvalue weighted by Crippen LogP contribution is -2.03. The van der Waals surface area contributed by atoms with Crippen molar-refractivity contribution in [3.63, 3.8) is 0 Å². The molecule has 0 aliphatic carbocycles. The number of aromatic nitrogens is 2. The van der Waals surface area contributed by atoms with E-state index in [9.17, 15) is 5.11 Å². The molecular formula is C19H18N4O. The van der Waals surface area contributed by atoms with Crippen molar-refractivity contribution in [3.8, 4) is 17.0 Å². The molecule has 0 spiro atoms. The minimum atomic E-state index is 0.231. The number of benzene rings is 2. The quantitative estimate of drug-likeness (QED) is 0.563. The predicted molar refractivity (Wildman–Crippen MR) is 96.1 cm³/mol. The highest BCUT2D eigenvalue weighted by Crippen LogP contribution is 2.19. The van der Waals surface area contributed by atoms with E-state index in [1.165, 1.54) is 0 Å². The summed E-state index contributed by atoms with van der Waals surface area (Å²) in [5.41, 5.74) is 7.35. The molecular weight excluding hydrogens is 300 g/mol. The van der Waals surface area contributed by atoms with E-state index in [1.54, 1.807) is 12.1 Å². The molecule has 2 aromatic carbocycles. The molecule has 0 fully saturated rings. The fourth-order valence-electron chi connectivity index (χ4n) is 2.28. The van der Waals surface area contributed by atoms with E-state index in [4.69, 9.17) is 0 Å². The average Bonchev–Trinajstić information content (AvgIpc) is 2.60. The van der Waals surface area contributed by atoms with Gasteiger partial charge in [0, 0.05) is 11.3 Å². The van der Waals surface area contributed by atoms with Crippen LogP contribution in [0.1, 0.15) is 18.2 Å². The summed E-state index contributed by atoms with van der Waals surface area (Å²) in [5, 5.41) is 13.7. The van der Waals surface area contributed by atoms with E-state index < -0.39 is 0 Å². The Morgan fingerprint density at radius 2 is 1.71 bits per heavy atom. The first-order chi connectivity index (χ1) is 11.6. The Labute approximate surface area is 140 Å². The van der Waals surface area contributed by atoms with E-state index in [0.717, 1.165) is 28.2 Å². The molecule has 0 saturated heterocycles. The second kappa shape index (κ2) is 6.91. The lowest BCUT2D eigenvalue weighted by Gasteiger charge is -2.07. The van der Waals surface area contributed by atoms with Crippen LogP contribution in [0.3, 0.4) is 0 Å².